The van der Waals surface area contributed by atoms with Crippen LogP contribution in [0, 0.1) is 16.7 Å². The summed E-state index contributed by atoms with van der Waals surface area (Å²) in [6.45, 7) is 8.15. The minimum Gasteiger partial charge on any atom is -0.392 e. The smallest absolute Gasteiger partial charge is 0.117 e. The summed E-state index contributed by atoms with van der Waals surface area (Å²) in [5.74, 6) is 0.165. The molecule has 0 aromatic heterocycles. The van der Waals surface area contributed by atoms with Gasteiger partial charge >= 0.3 is 0 Å². The molecule has 18 heavy (non-hydrogen) atoms. The van der Waals surface area contributed by atoms with Crippen LogP contribution in [0.2, 0.25) is 0 Å². The molecule has 3 nitrogen and oxygen atoms in total. The molecular weight excluding hydrogens is 228 g/mol. The van der Waals surface area contributed by atoms with E-state index in [1.54, 1.807) is 0 Å². The Kier molecular flexibility index (Phi) is 2.24. The molecule has 2 saturated carbocycles. The van der Waals surface area contributed by atoms with E-state index in [0.717, 1.165) is 18.4 Å². The van der Waals surface area contributed by atoms with E-state index in [1.807, 2.05) is 13.8 Å². The Bertz CT molecular complexity index is 439. The van der Waals surface area contributed by atoms with Gasteiger partial charge in [-0.25, -0.2) is 0 Å². The first-order valence-corrected chi connectivity index (χ1v) is 6.92. The van der Waals surface area contributed by atoms with Crippen LogP contribution in [0.4, 0.5) is 0 Å². The second-order valence-corrected chi connectivity index (χ2v) is 7.62. The maximum atomic E-state index is 10.8. The van der Waals surface area contributed by atoms with Crippen molar-refractivity contribution in [3.8, 4) is 0 Å². The van der Waals surface area contributed by atoms with Crippen molar-refractivity contribution in [1.29, 1.82) is 0 Å². The fourth-order valence-electron chi connectivity index (χ4n) is 4.78. The Hall–Kier alpha value is -0.380. The molecule has 5 atom stereocenters. The summed E-state index contributed by atoms with van der Waals surface area (Å²) in [5.41, 5.74) is 0.657. The largest absolute Gasteiger partial charge is 0.392 e. The molecular formula is C15H24O3. The molecule has 3 heteroatoms. The summed E-state index contributed by atoms with van der Waals surface area (Å²) >= 11 is 0. The monoisotopic (exact) mass is 252 g/mol. The first-order valence-electron chi connectivity index (χ1n) is 6.92. The SMILES string of the molecule is CC1=C2CC(C)(C)[C@H](O)[C@H]2C[C@]2(C)C[C@@H](O)[C@]12O. The maximum absolute atomic E-state index is 10.8. The first-order chi connectivity index (χ1) is 8.13. The van der Waals surface area contributed by atoms with Gasteiger partial charge < -0.3 is 15.3 Å². The van der Waals surface area contributed by atoms with Gasteiger partial charge in [0.1, 0.15) is 5.60 Å². The van der Waals surface area contributed by atoms with E-state index >= 15 is 0 Å². The number of hydrogen-bond acceptors (Lipinski definition) is 3. The fourth-order valence-corrected chi connectivity index (χ4v) is 4.78. The third kappa shape index (κ3) is 1.16. The average Bonchev–Trinajstić information content (AvgIpc) is 2.49. The number of hydrogen-bond donors (Lipinski definition) is 3. The lowest BCUT2D eigenvalue weighted by Gasteiger charge is -2.62. The van der Waals surface area contributed by atoms with Crippen molar-refractivity contribution in [2.24, 2.45) is 16.7 Å². The van der Waals surface area contributed by atoms with Gasteiger partial charge in [-0.15, -0.1) is 0 Å². The van der Waals surface area contributed by atoms with Gasteiger partial charge in [0, 0.05) is 11.3 Å². The molecule has 0 heterocycles. The summed E-state index contributed by atoms with van der Waals surface area (Å²) in [4.78, 5) is 0. The fraction of sp³-hybridized carbons (Fsp3) is 0.867. The Morgan fingerprint density at radius 1 is 1.11 bits per heavy atom. The van der Waals surface area contributed by atoms with Crippen LogP contribution in [-0.4, -0.2) is 33.1 Å². The van der Waals surface area contributed by atoms with Crippen LogP contribution in [0.1, 0.15) is 47.0 Å². The summed E-state index contributed by atoms with van der Waals surface area (Å²) in [7, 11) is 0. The molecule has 0 bridgehead atoms. The van der Waals surface area contributed by atoms with Gasteiger partial charge in [-0.05, 0) is 37.2 Å². The van der Waals surface area contributed by atoms with Crippen LogP contribution in [0.25, 0.3) is 0 Å². The maximum Gasteiger partial charge on any atom is 0.117 e. The lowest BCUT2D eigenvalue weighted by molar-refractivity contribution is -0.232. The molecule has 3 N–H and O–H groups in total. The quantitative estimate of drug-likeness (QED) is 0.574. The summed E-state index contributed by atoms with van der Waals surface area (Å²) in [5, 5.41) is 31.3. The van der Waals surface area contributed by atoms with Crippen LogP contribution >= 0.6 is 0 Å². The average molecular weight is 252 g/mol. The zero-order valence-electron chi connectivity index (χ0n) is 11.7. The molecule has 102 valence electrons. The van der Waals surface area contributed by atoms with Crippen LogP contribution in [0.3, 0.4) is 0 Å². The summed E-state index contributed by atoms with van der Waals surface area (Å²) in [6, 6.07) is 0. The lowest BCUT2D eigenvalue weighted by atomic mass is 9.47. The van der Waals surface area contributed by atoms with E-state index in [1.165, 1.54) is 5.57 Å². The van der Waals surface area contributed by atoms with Crippen molar-refractivity contribution in [2.45, 2.75) is 64.8 Å². The Morgan fingerprint density at radius 2 is 1.72 bits per heavy atom. The third-order valence-corrected chi connectivity index (χ3v) is 6.05. The second kappa shape index (κ2) is 3.20. The lowest BCUT2D eigenvalue weighted by Crippen LogP contribution is -2.69. The van der Waals surface area contributed by atoms with Crippen molar-refractivity contribution in [1.82, 2.24) is 0 Å². The zero-order chi connectivity index (χ0) is 13.5. The van der Waals surface area contributed by atoms with Crippen LogP contribution in [0.5, 0.6) is 0 Å². The molecule has 0 amide bonds. The van der Waals surface area contributed by atoms with Crippen LogP contribution < -0.4 is 0 Å². The van der Waals surface area contributed by atoms with Gasteiger partial charge in [0.25, 0.3) is 0 Å². The number of rotatable bonds is 0. The van der Waals surface area contributed by atoms with Gasteiger partial charge in [-0.3, -0.25) is 0 Å². The number of aliphatic hydroxyl groups is 3. The highest BCUT2D eigenvalue weighted by Crippen LogP contribution is 2.65. The molecule has 0 aliphatic heterocycles. The normalized spacial score (nSPS) is 53.8. The van der Waals surface area contributed by atoms with E-state index in [9.17, 15) is 15.3 Å². The molecule has 3 aliphatic rings. The highest BCUT2D eigenvalue weighted by atomic mass is 16.3. The second-order valence-electron chi connectivity index (χ2n) is 7.62. The van der Waals surface area contributed by atoms with Crippen LogP contribution in [0.15, 0.2) is 11.1 Å². The van der Waals surface area contributed by atoms with Crippen molar-refractivity contribution in [3.05, 3.63) is 11.1 Å². The Labute approximate surface area is 109 Å². The molecule has 2 fully saturated rings. The van der Waals surface area contributed by atoms with Crippen molar-refractivity contribution in [3.63, 3.8) is 0 Å². The number of fused-ring (bicyclic) bond motifs is 2. The predicted octanol–water partition coefficient (Wildman–Crippen LogP) is 1.62. The van der Waals surface area contributed by atoms with E-state index in [2.05, 4.69) is 13.8 Å². The number of aliphatic hydroxyl groups excluding tert-OH is 2. The van der Waals surface area contributed by atoms with E-state index in [0.29, 0.717) is 6.42 Å². The van der Waals surface area contributed by atoms with E-state index in [4.69, 9.17) is 0 Å². The van der Waals surface area contributed by atoms with Crippen molar-refractivity contribution in [2.75, 3.05) is 0 Å². The van der Waals surface area contributed by atoms with E-state index < -0.39 is 11.7 Å². The molecule has 0 aromatic carbocycles. The Morgan fingerprint density at radius 3 is 2.28 bits per heavy atom. The summed E-state index contributed by atoms with van der Waals surface area (Å²) in [6.07, 6.45) is 1.28. The Balaban J connectivity index is 2.11. The van der Waals surface area contributed by atoms with Crippen molar-refractivity contribution < 1.29 is 15.3 Å². The van der Waals surface area contributed by atoms with Crippen LogP contribution in [-0.2, 0) is 0 Å². The zero-order valence-corrected chi connectivity index (χ0v) is 11.7. The van der Waals surface area contributed by atoms with Gasteiger partial charge in [-0.1, -0.05) is 26.3 Å². The van der Waals surface area contributed by atoms with Gasteiger partial charge in [0.2, 0.25) is 0 Å². The first kappa shape index (κ1) is 12.6. The highest BCUT2D eigenvalue weighted by Gasteiger charge is 2.68. The molecule has 0 radical (unpaired) electrons. The third-order valence-electron chi connectivity index (χ3n) is 6.05. The van der Waals surface area contributed by atoms with Gasteiger partial charge in [0.15, 0.2) is 0 Å². The molecule has 3 rings (SSSR count). The minimum atomic E-state index is -1.06. The predicted molar refractivity (Wildman–Crippen MR) is 68.9 cm³/mol. The molecule has 0 aromatic rings. The van der Waals surface area contributed by atoms with E-state index in [-0.39, 0.29) is 22.9 Å². The highest BCUT2D eigenvalue weighted by molar-refractivity contribution is 5.41. The topological polar surface area (TPSA) is 60.7 Å². The van der Waals surface area contributed by atoms with Crippen molar-refractivity contribution >= 4 is 0 Å². The molecule has 0 spiro atoms. The molecule has 3 aliphatic carbocycles. The minimum absolute atomic E-state index is 0.122. The van der Waals surface area contributed by atoms with Gasteiger partial charge in [-0.2, -0.15) is 0 Å². The van der Waals surface area contributed by atoms with Gasteiger partial charge in [0.05, 0.1) is 12.2 Å². The molecule has 0 unspecified atom stereocenters. The standard InChI is InChI=1S/C15H24O3/c1-8-9-5-13(2,3)12(17)10(9)6-14(4)7-11(16)15(8,14)18/h10-12,16-18H,5-7H2,1-4H3/t10-,11+,12+,14+,15+/m0/s1. The molecule has 0 saturated heterocycles. The summed E-state index contributed by atoms with van der Waals surface area (Å²) < 4.78 is 0.